The quantitative estimate of drug-likeness (QED) is 0.482. The van der Waals surface area contributed by atoms with Crippen LogP contribution in [0.15, 0.2) is 47.4 Å². The molecule has 2 aromatic carbocycles. The average molecular weight is 399 g/mol. The number of thiocarbonyl (C=S) groups is 1. The van der Waals surface area contributed by atoms with Crippen molar-refractivity contribution in [2.45, 2.75) is 11.4 Å². The normalized spacial score (nSPS) is 10.9. The Hall–Kier alpha value is -2.43. The van der Waals surface area contributed by atoms with Crippen molar-refractivity contribution in [2.75, 3.05) is 14.2 Å². The fraction of sp³-hybridized carbons (Fsp3) is 0.188. The van der Waals surface area contributed by atoms with Gasteiger partial charge < -0.3 is 14.8 Å². The van der Waals surface area contributed by atoms with Crippen LogP contribution < -0.4 is 25.0 Å². The fourth-order valence-corrected chi connectivity index (χ4v) is 3.18. The molecule has 2 rings (SSSR count). The zero-order valence-electron chi connectivity index (χ0n) is 14.1. The number of benzene rings is 2. The summed E-state index contributed by atoms with van der Waals surface area (Å²) >= 11 is 5.02. The number of nitrogens with one attached hydrogen (secondary N) is 3. The van der Waals surface area contributed by atoms with Crippen molar-refractivity contribution < 1.29 is 22.3 Å². The Morgan fingerprint density at radius 1 is 1.12 bits per heavy atom. The van der Waals surface area contributed by atoms with Gasteiger partial charge in [0.25, 0.3) is 10.0 Å². The van der Waals surface area contributed by atoms with Gasteiger partial charge in [-0.05, 0) is 42.0 Å². The molecule has 140 valence electrons. The molecule has 0 unspecified atom stereocenters. The summed E-state index contributed by atoms with van der Waals surface area (Å²) in [6, 6.07) is 10.2. The van der Waals surface area contributed by atoms with Gasteiger partial charge in [-0.15, -0.1) is 4.83 Å². The van der Waals surface area contributed by atoms with Crippen molar-refractivity contribution in [1.82, 2.24) is 15.6 Å². The lowest BCUT2D eigenvalue weighted by molar-refractivity contribution is 0.386. The summed E-state index contributed by atoms with van der Waals surface area (Å²) in [7, 11) is -1.11. The molecule has 0 aliphatic heterocycles. The van der Waals surface area contributed by atoms with E-state index in [1.165, 1.54) is 44.6 Å². The second kappa shape index (κ2) is 8.79. The third-order valence-electron chi connectivity index (χ3n) is 3.33. The SMILES string of the molecule is COc1ccc(S(=O)(=O)NNC(=S)NCc2ccc(F)cc2)c(OC)c1. The number of hydrogen-bond donors (Lipinski definition) is 3. The van der Waals surface area contributed by atoms with E-state index in [1.807, 2.05) is 0 Å². The maximum atomic E-state index is 12.9. The lowest BCUT2D eigenvalue weighted by Crippen LogP contribution is -2.46. The molecule has 0 radical (unpaired) electrons. The van der Waals surface area contributed by atoms with E-state index in [4.69, 9.17) is 21.7 Å². The van der Waals surface area contributed by atoms with Crippen LogP contribution in [0.4, 0.5) is 4.39 Å². The predicted octanol–water partition coefficient (Wildman–Crippen LogP) is 1.70. The molecule has 26 heavy (non-hydrogen) atoms. The molecule has 0 saturated heterocycles. The molecule has 0 atom stereocenters. The molecule has 0 bridgehead atoms. The van der Waals surface area contributed by atoms with Crippen molar-refractivity contribution in [3.05, 3.63) is 53.8 Å². The van der Waals surface area contributed by atoms with Crippen molar-refractivity contribution in [2.24, 2.45) is 0 Å². The number of rotatable bonds is 7. The summed E-state index contributed by atoms with van der Waals surface area (Å²) in [6.07, 6.45) is 0. The average Bonchev–Trinajstić information content (AvgIpc) is 2.65. The highest BCUT2D eigenvalue weighted by atomic mass is 32.2. The predicted molar refractivity (Wildman–Crippen MR) is 98.8 cm³/mol. The van der Waals surface area contributed by atoms with Gasteiger partial charge in [-0.25, -0.2) is 12.8 Å². The molecular formula is C16H18FN3O4S2. The Bertz CT molecular complexity index is 874. The number of hydrogen-bond acceptors (Lipinski definition) is 5. The lowest BCUT2D eigenvalue weighted by atomic mass is 10.2. The van der Waals surface area contributed by atoms with Crippen LogP contribution in [0.5, 0.6) is 11.5 Å². The van der Waals surface area contributed by atoms with Crippen LogP contribution in [0.1, 0.15) is 5.56 Å². The van der Waals surface area contributed by atoms with Crippen molar-refractivity contribution in [3.8, 4) is 11.5 Å². The summed E-state index contributed by atoms with van der Waals surface area (Å²) in [5.41, 5.74) is 3.19. The Labute approximate surface area is 156 Å². The summed E-state index contributed by atoms with van der Waals surface area (Å²) in [5.74, 6) is 0.254. The zero-order chi connectivity index (χ0) is 19.2. The largest absolute Gasteiger partial charge is 0.497 e. The van der Waals surface area contributed by atoms with E-state index < -0.39 is 10.0 Å². The molecule has 0 aliphatic rings. The highest BCUT2D eigenvalue weighted by molar-refractivity contribution is 7.89. The molecule has 0 heterocycles. The van der Waals surface area contributed by atoms with E-state index in [-0.39, 0.29) is 21.6 Å². The molecular weight excluding hydrogens is 381 g/mol. The zero-order valence-corrected chi connectivity index (χ0v) is 15.7. The highest BCUT2D eigenvalue weighted by Crippen LogP contribution is 2.27. The number of hydrazine groups is 1. The first-order chi connectivity index (χ1) is 12.4. The molecule has 0 saturated carbocycles. The Kier molecular flexibility index (Phi) is 6.72. The minimum absolute atomic E-state index is 0.0605. The van der Waals surface area contributed by atoms with E-state index in [9.17, 15) is 12.8 Å². The van der Waals surface area contributed by atoms with Crippen molar-refractivity contribution >= 4 is 27.4 Å². The monoisotopic (exact) mass is 399 g/mol. The summed E-state index contributed by atoms with van der Waals surface area (Å²) in [5, 5.41) is 2.87. The van der Waals surface area contributed by atoms with E-state index in [0.29, 0.717) is 12.3 Å². The lowest BCUT2D eigenvalue weighted by Gasteiger charge is -2.14. The van der Waals surface area contributed by atoms with Crippen LogP contribution in [0.2, 0.25) is 0 Å². The van der Waals surface area contributed by atoms with Gasteiger partial charge in [-0.1, -0.05) is 12.1 Å². The van der Waals surface area contributed by atoms with Crippen LogP contribution in [0.25, 0.3) is 0 Å². The molecule has 0 spiro atoms. The van der Waals surface area contributed by atoms with E-state index in [1.54, 1.807) is 12.1 Å². The summed E-state index contributed by atoms with van der Waals surface area (Å²) in [4.78, 5) is 2.10. The fourth-order valence-electron chi connectivity index (χ4n) is 1.99. The molecule has 0 fully saturated rings. The molecule has 7 nitrogen and oxygen atoms in total. The Morgan fingerprint density at radius 3 is 2.42 bits per heavy atom. The Balaban J connectivity index is 1.96. The van der Waals surface area contributed by atoms with E-state index in [0.717, 1.165) is 5.56 Å². The van der Waals surface area contributed by atoms with Gasteiger partial charge in [-0.3, -0.25) is 5.43 Å². The molecule has 10 heteroatoms. The van der Waals surface area contributed by atoms with E-state index in [2.05, 4.69) is 15.6 Å². The number of halogens is 1. The standard InChI is InChI=1S/C16H18FN3O4S2/c1-23-13-7-8-15(14(9-13)24-2)26(21,22)20-19-16(25)18-10-11-3-5-12(17)6-4-11/h3-9,20H,10H2,1-2H3,(H2,18,19,25). The van der Waals surface area contributed by atoms with Gasteiger partial charge in [0.15, 0.2) is 5.11 Å². The number of methoxy groups -OCH3 is 2. The minimum Gasteiger partial charge on any atom is -0.497 e. The van der Waals surface area contributed by atoms with Gasteiger partial charge in [-0.2, -0.15) is 0 Å². The van der Waals surface area contributed by atoms with Crippen LogP contribution in [0.3, 0.4) is 0 Å². The van der Waals surface area contributed by atoms with Crippen molar-refractivity contribution in [3.63, 3.8) is 0 Å². The topological polar surface area (TPSA) is 88.7 Å². The molecule has 3 N–H and O–H groups in total. The van der Waals surface area contributed by atoms with Gasteiger partial charge in [0.1, 0.15) is 22.2 Å². The maximum absolute atomic E-state index is 12.9. The summed E-state index contributed by atoms with van der Waals surface area (Å²) < 4.78 is 47.8. The van der Waals surface area contributed by atoms with Crippen LogP contribution in [-0.2, 0) is 16.6 Å². The number of sulfonamides is 1. The van der Waals surface area contributed by atoms with Gasteiger partial charge in [0.05, 0.1) is 14.2 Å². The highest BCUT2D eigenvalue weighted by Gasteiger charge is 2.20. The van der Waals surface area contributed by atoms with Gasteiger partial charge >= 0.3 is 0 Å². The molecule has 2 aromatic rings. The molecule has 0 amide bonds. The van der Waals surface area contributed by atoms with Crippen LogP contribution in [-0.4, -0.2) is 27.7 Å². The Morgan fingerprint density at radius 2 is 1.81 bits per heavy atom. The second-order valence-electron chi connectivity index (χ2n) is 5.06. The maximum Gasteiger partial charge on any atom is 0.261 e. The first kappa shape index (κ1) is 19.9. The number of ether oxygens (including phenoxy) is 2. The smallest absolute Gasteiger partial charge is 0.261 e. The minimum atomic E-state index is -3.93. The van der Waals surface area contributed by atoms with E-state index >= 15 is 0 Å². The van der Waals surface area contributed by atoms with Gasteiger partial charge in [0, 0.05) is 12.6 Å². The van der Waals surface area contributed by atoms with Crippen LogP contribution in [0, 0.1) is 5.82 Å². The summed E-state index contributed by atoms with van der Waals surface area (Å²) in [6.45, 7) is 0.305. The third-order valence-corrected chi connectivity index (χ3v) is 4.86. The van der Waals surface area contributed by atoms with Gasteiger partial charge in [0.2, 0.25) is 0 Å². The second-order valence-corrected chi connectivity index (χ2v) is 7.12. The molecule has 0 aliphatic carbocycles. The first-order valence-corrected chi connectivity index (χ1v) is 9.27. The van der Waals surface area contributed by atoms with Crippen molar-refractivity contribution in [1.29, 1.82) is 0 Å². The third kappa shape index (κ3) is 5.28. The molecule has 0 aromatic heterocycles. The van der Waals surface area contributed by atoms with Crippen LogP contribution >= 0.6 is 12.2 Å². The first-order valence-electron chi connectivity index (χ1n) is 7.38.